The lowest BCUT2D eigenvalue weighted by atomic mass is 10.0. The van der Waals surface area contributed by atoms with E-state index in [1.807, 2.05) is 50.2 Å². The van der Waals surface area contributed by atoms with Gasteiger partial charge in [-0.25, -0.2) is 9.50 Å². The first-order chi connectivity index (χ1) is 18.5. The number of primary amides is 1. The number of carbonyl (C=O) groups excluding carboxylic acids is 2. The summed E-state index contributed by atoms with van der Waals surface area (Å²) in [7, 11) is 0. The number of hydrogen-bond acceptors (Lipinski definition) is 5. The number of hydrogen-bond donors (Lipinski definition) is 2. The minimum atomic E-state index is -4.76. The molecule has 3 heterocycles. The second kappa shape index (κ2) is 9.99. The van der Waals surface area contributed by atoms with Gasteiger partial charge in [-0.3, -0.25) is 9.59 Å². The molecule has 0 saturated carbocycles. The van der Waals surface area contributed by atoms with Gasteiger partial charge in [0.05, 0.1) is 11.3 Å². The number of alkyl halides is 3. The summed E-state index contributed by atoms with van der Waals surface area (Å²) in [5.74, 6) is -1.54. The number of thiophene rings is 1. The summed E-state index contributed by atoms with van der Waals surface area (Å²) in [6, 6.07) is 18.5. The number of nitrogens with two attached hydrogens (primary N) is 1. The van der Waals surface area contributed by atoms with Gasteiger partial charge in [-0.2, -0.15) is 18.3 Å². The maximum atomic E-state index is 14.0. The Morgan fingerprint density at radius 2 is 1.74 bits per heavy atom. The molecule has 0 radical (unpaired) electrons. The van der Waals surface area contributed by atoms with Gasteiger partial charge in [0.2, 0.25) is 0 Å². The average Bonchev–Trinajstić information content (AvgIpc) is 3.49. The zero-order valence-corrected chi connectivity index (χ0v) is 21.7. The number of benzene rings is 2. The lowest BCUT2D eigenvalue weighted by molar-refractivity contribution is -0.142. The fourth-order valence-corrected chi connectivity index (χ4v) is 5.20. The maximum Gasteiger partial charge on any atom is 0.433 e. The van der Waals surface area contributed by atoms with Crippen molar-refractivity contribution < 1.29 is 22.8 Å². The first kappa shape index (κ1) is 26.1. The normalized spacial score (nSPS) is 11.6. The van der Waals surface area contributed by atoms with Gasteiger partial charge in [0, 0.05) is 22.9 Å². The molecule has 2 amide bonds. The van der Waals surface area contributed by atoms with Gasteiger partial charge in [0.1, 0.15) is 5.00 Å². The largest absolute Gasteiger partial charge is 0.433 e. The van der Waals surface area contributed by atoms with E-state index < -0.39 is 23.7 Å². The van der Waals surface area contributed by atoms with Crippen LogP contribution < -0.4 is 11.1 Å². The average molecular weight is 550 g/mol. The Morgan fingerprint density at radius 3 is 2.41 bits per heavy atom. The van der Waals surface area contributed by atoms with E-state index in [1.54, 1.807) is 18.2 Å². The fraction of sp³-hybridized carbons (Fsp3) is 0.143. The molecule has 2 aromatic carbocycles. The summed E-state index contributed by atoms with van der Waals surface area (Å²) in [6.07, 6.45) is -4.25. The predicted molar refractivity (Wildman–Crippen MR) is 143 cm³/mol. The highest BCUT2D eigenvalue weighted by Crippen LogP contribution is 2.34. The minimum absolute atomic E-state index is 0.101. The molecular formula is C28H22F3N5O2S. The Bertz CT molecular complexity index is 1720. The zero-order valence-electron chi connectivity index (χ0n) is 20.8. The fourth-order valence-electron chi connectivity index (χ4n) is 4.11. The van der Waals surface area contributed by atoms with Crippen molar-refractivity contribution in [1.29, 1.82) is 0 Å². The number of fused-ring (bicyclic) bond motifs is 1. The van der Waals surface area contributed by atoms with E-state index in [1.165, 1.54) is 6.07 Å². The lowest BCUT2D eigenvalue weighted by Gasteiger charge is -2.11. The summed E-state index contributed by atoms with van der Waals surface area (Å²) in [5.41, 5.74) is 7.63. The van der Waals surface area contributed by atoms with Crippen LogP contribution in [0.2, 0.25) is 0 Å². The molecule has 0 saturated heterocycles. The first-order valence-corrected chi connectivity index (χ1v) is 12.6. The quantitative estimate of drug-likeness (QED) is 0.270. The SMILES string of the molecule is Cc1ccc(-c2cc(C(F)(F)F)n3nc(C(=O)Nc4sc(Cc5ccccc5)cc4C(N)=O)cc3n2)cc1C. The molecule has 0 aliphatic rings. The van der Waals surface area contributed by atoms with Crippen LogP contribution in [0.25, 0.3) is 16.9 Å². The summed E-state index contributed by atoms with van der Waals surface area (Å²) in [5, 5.41) is 6.68. The number of aromatic nitrogens is 3. The van der Waals surface area contributed by atoms with Crippen molar-refractivity contribution in [2.45, 2.75) is 26.4 Å². The van der Waals surface area contributed by atoms with Crippen LogP contribution in [0.4, 0.5) is 18.2 Å². The van der Waals surface area contributed by atoms with E-state index in [4.69, 9.17) is 5.73 Å². The highest BCUT2D eigenvalue weighted by molar-refractivity contribution is 7.16. The number of anilines is 1. The van der Waals surface area contributed by atoms with Crippen molar-refractivity contribution in [1.82, 2.24) is 14.6 Å². The second-order valence-electron chi connectivity index (χ2n) is 9.06. The van der Waals surface area contributed by atoms with Crippen molar-refractivity contribution >= 4 is 33.8 Å². The molecule has 39 heavy (non-hydrogen) atoms. The summed E-state index contributed by atoms with van der Waals surface area (Å²) < 4.78 is 42.6. The third kappa shape index (κ3) is 5.39. The predicted octanol–water partition coefficient (Wildman–Crippen LogP) is 6.04. The van der Waals surface area contributed by atoms with Gasteiger partial charge in [-0.05, 0) is 48.7 Å². The standard InChI is InChI=1S/C28H22F3N5O2S/c1-15-8-9-18(10-16(15)2)21-13-23(28(29,30)31)36-24(33-21)14-22(35-36)26(38)34-27-20(25(32)37)12-19(39-27)11-17-6-4-3-5-7-17/h3-10,12-14H,11H2,1-2H3,(H2,32,37)(H,34,38). The summed E-state index contributed by atoms with van der Waals surface area (Å²) in [4.78, 5) is 30.2. The maximum absolute atomic E-state index is 14.0. The zero-order chi connectivity index (χ0) is 27.9. The van der Waals surface area contributed by atoms with Gasteiger partial charge in [0.25, 0.3) is 11.8 Å². The van der Waals surface area contributed by atoms with E-state index in [-0.39, 0.29) is 27.6 Å². The molecule has 11 heteroatoms. The molecular weight excluding hydrogens is 527 g/mol. The van der Waals surface area contributed by atoms with Gasteiger partial charge in [0.15, 0.2) is 17.0 Å². The van der Waals surface area contributed by atoms with Crippen molar-refractivity contribution in [3.8, 4) is 11.3 Å². The molecule has 7 nitrogen and oxygen atoms in total. The number of halogens is 3. The van der Waals surface area contributed by atoms with Crippen LogP contribution in [-0.4, -0.2) is 26.4 Å². The lowest BCUT2D eigenvalue weighted by Crippen LogP contribution is -2.17. The van der Waals surface area contributed by atoms with Crippen LogP contribution in [0.3, 0.4) is 0 Å². The monoisotopic (exact) mass is 549 g/mol. The molecule has 0 spiro atoms. The molecule has 5 rings (SSSR count). The summed E-state index contributed by atoms with van der Waals surface area (Å²) in [6.45, 7) is 3.76. The second-order valence-corrected chi connectivity index (χ2v) is 10.2. The topological polar surface area (TPSA) is 102 Å². The van der Waals surface area contributed by atoms with Crippen molar-refractivity contribution in [2.24, 2.45) is 5.73 Å². The third-order valence-corrected chi connectivity index (χ3v) is 7.30. The molecule has 0 atom stereocenters. The molecule has 198 valence electrons. The molecule has 0 fully saturated rings. The van der Waals surface area contributed by atoms with Crippen LogP contribution in [0, 0.1) is 13.8 Å². The van der Waals surface area contributed by atoms with Crippen LogP contribution in [0.5, 0.6) is 0 Å². The van der Waals surface area contributed by atoms with Crippen LogP contribution >= 0.6 is 11.3 Å². The Kier molecular flexibility index (Phi) is 6.69. The number of nitrogens with one attached hydrogen (secondary N) is 1. The Balaban J connectivity index is 1.50. The summed E-state index contributed by atoms with van der Waals surface area (Å²) >= 11 is 1.16. The molecule has 0 unspecified atom stereocenters. The molecule has 3 aromatic heterocycles. The molecule has 5 aromatic rings. The molecule has 0 aliphatic carbocycles. The van der Waals surface area contributed by atoms with E-state index in [0.29, 0.717) is 16.5 Å². The highest BCUT2D eigenvalue weighted by atomic mass is 32.1. The van der Waals surface area contributed by atoms with Crippen LogP contribution in [-0.2, 0) is 12.6 Å². The Morgan fingerprint density at radius 1 is 1.00 bits per heavy atom. The van der Waals surface area contributed by atoms with Gasteiger partial charge < -0.3 is 11.1 Å². The number of nitrogens with zero attached hydrogens (tertiary/aromatic N) is 3. The number of amides is 2. The van der Waals surface area contributed by atoms with Gasteiger partial charge in [-0.15, -0.1) is 11.3 Å². The smallest absolute Gasteiger partial charge is 0.366 e. The Labute approximate surface area is 225 Å². The van der Waals surface area contributed by atoms with Crippen LogP contribution in [0.1, 0.15) is 48.1 Å². The van der Waals surface area contributed by atoms with Crippen LogP contribution in [0.15, 0.2) is 66.7 Å². The van der Waals surface area contributed by atoms with E-state index in [9.17, 15) is 22.8 Å². The van der Waals surface area contributed by atoms with Crippen molar-refractivity contribution in [3.63, 3.8) is 0 Å². The third-order valence-electron chi connectivity index (χ3n) is 6.25. The van der Waals surface area contributed by atoms with E-state index >= 15 is 0 Å². The minimum Gasteiger partial charge on any atom is -0.366 e. The van der Waals surface area contributed by atoms with Gasteiger partial charge >= 0.3 is 6.18 Å². The van der Waals surface area contributed by atoms with E-state index in [0.717, 1.165) is 39.0 Å². The molecule has 0 bridgehead atoms. The van der Waals surface area contributed by atoms with Gasteiger partial charge in [-0.1, -0.05) is 42.5 Å². The van der Waals surface area contributed by atoms with Crippen molar-refractivity contribution in [2.75, 3.05) is 5.32 Å². The first-order valence-electron chi connectivity index (χ1n) is 11.8. The Hall–Kier alpha value is -4.51. The number of carbonyl (C=O) groups is 2. The molecule has 0 aliphatic heterocycles. The van der Waals surface area contributed by atoms with E-state index in [2.05, 4.69) is 15.4 Å². The molecule has 3 N–H and O–H groups in total. The highest BCUT2D eigenvalue weighted by Gasteiger charge is 2.36. The van der Waals surface area contributed by atoms with Crippen molar-refractivity contribution in [3.05, 3.63) is 105 Å². The number of aryl methyl sites for hydroxylation is 2. The number of rotatable bonds is 6.